The van der Waals surface area contributed by atoms with Crippen molar-refractivity contribution in [1.29, 1.82) is 0 Å². The number of carbonyl (C=O) groups excluding carboxylic acids is 1. The van der Waals surface area contributed by atoms with Crippen molar-refractivity contribution in [1.82, 2.24) is 5.32 Å². The van der Waals surface area contributed by atoms with E-state index in [4.69, 9.17) is 11.6 Å². The number of carboxylic acids is 1. The fourth-order valence-electron chi connectivity index (χ4n) is 1.98. The molecule has 0 aliphatic heterocycles. The third-order valence-electron chi connectivity index (χ3n) is 2.91. The Morgan fingerprint density at radius 2 is 1.95 bits per heavy atom. The average molecular weight is 314 g/mol. The molecule has 0 aliphatic carbocycles. The Labute approximate surface area is 128 Å². The number of phenols is 1. The summed E-state index contributed by atoms with van der Waals surface area (Å²) in [7, 11) is 0. The van der Waals surface area contributed by atoms with Crippen LogP contribution < -0.4 is 5.32 Å². The standard InChI is InChI=1S/C15H20ClNO4/c1-15(2,3)7-9(14(20)21)8-17-13(19)11-6-10(18)4-5-12(11)16/h4-6,9,18H,7-8H2,1-3H3,(H,17,19)(H,20,21). The zero-order chi connectivity index (χ0) is 16.2. The van der Waals surface area contributed by atoms with Gasteiger partial charge in [-0.05, 0) is 30.0 Å². The fourth-order valence-corrected chi connectivity index (χ4v) is 2.19. The summed E-state index contributed by atoms with van der Waals surface area (Å²) < 4.78 is 0. The molecule has 6 heteroatoms. The lowest BCUT2D eigenvalue weighted by Gasteiger charge is -2.23. The number of amides is 1. The van der Waals surface area contributed by atoms with Gasteiger partial charge in [-0.3, -0.25) is 9.59 Å². The molecule has 21 heavy (non-hydrogen) atoms. The molecular formula is C15H20ClNO4. The van der Waals surface area contributed by atoms with Gasteiger partial charge in [0.2, 0.25) is 0 Å². The van der Waals surface area contributed by atoms with Gasteiger partial charge in [0.25, 0.3) is 5.91 Å². The van der Waals surface area contributed by atoms with E-state index in [-0.39, 0.29) is 28.3 Å². The Morgan fingerprint density at radius 3 is 2.48 bits per heavy atom. The number of nitrogens with one attached hydrogen (secondary N) is 1. The molecule has 0 saturated heterocycles. The van der Waals surface area contributed by atoms with Gasteiger partial charge >= 0.3 is 5.97 Å². The van der Waals surface area contributed by atoms with Crippen LogP contribution in [0.5, 0.6) is 5.75 Å². The summed E-state index contributed by atoms with van der Waals surface area (Å²) in [6, 6.07) is 4.03. The van der Waals surface area contributed by atoms with Crippen LogP contribution >= 0.6 is 11.6 Å². The van der Waals surface area contributed by atoms with E-state index in [1.807, 2.05) is 20.8 Å². The number of rotatable bonds is 5. The Bertz CT molecular complexity index is 537. The molecule has 0 spiro atoms. The van der Waals surface area contributed by atoms with E-state index in [9.17, 15) is 19.8 Å². The van der Waals surface area contributed by atoms with Crippen LogP contribution in [0.2, 0.25) is 5.02 Å². The Kier molecular flexibility index (Phi) is 5.61. The van der Waals surface area contributed by atoms with Crippen LogP contribution in [-0.4, -0.2) is 28.6 Å². The second-order valence-corrected chi connectivity index (χ2v) is 6.58. The highest BCUT2D eigenvalue weighted by Crippen LogP contribution is 2.25. The second kappa shape index (κ2) is 6.80. The van der Waals surface area contributed by atoms with Gasteiger partial charge in [-0.1, -0.05) is 32.4 Å². The number of carboxylic acid groups (broad SMARTS) is 1. The predicted molar refractivity (Wildman–Crippen MR) is 80.6 cm³/mol. The third kappa shape index (κ3) is 5.63. The first kappa shape index (κ1) is 17.3. The van der Waals surface area contributed by atoms with Gasteiger partial charge in [0.15, 0.2) is 0 Å². The molecule has 0 heterocycles. The van der Waals surface area contributed by atoms with E-state index in [0.717, 1.165) is 0 Å². The average Bonchev–Trinajstić information content (AvgIpc) is 2.35. The zero-order valence-electron chi connectivity index (χ0n) is 12.3. The number of hydrogen-bond donors (Lipinski definition) is 3. The molecule has 0 radical (unpaired) electrons. The summed E-state index contributed by atoms with van der Waals surface area (Å²) in [5.74, 6) is -2.21. The van der Waals surface area contributed by atoms with Crippen LogP contribution in [-0.2, 0) is 4.79 Å². The molecule has 1 unspecified atom stereocenters. The molecule has 1 atom stereocenters. The van der Waals surface area contributed by atoms with Gasteiger partial charge in [-0.25, -0.2) is 0 Å². The first-order valence-electron chi connectivity index (χ1n) is 6.59. The molecule has 1 amide bonds. The minimum atomic E-state index is -0.952. The maximum Gasteiger partial charge on any atom is 0.308 e. The number of benzene rings is 1. The van der Waals surface area contributed by atoms with Crippen molar-refractivity contribution in [3.05, 3.63) is 28.8 Å². The molecule has 0 aliphatic rings. The molecule has 0 bridgehead atoms. The Balaban J connectivity index is 2.74. The van der Waals surface area contributed by atoms with Gasteiger partial charge in [0, 0.05) is 6.54 Å². The van der Waals surface area contributed by atoms with Crippen LogP contribution in [0.1, 0.15) is 37.6 Å². The molecule has 5 nitrogen and oxygen atoms in total. The van der Waals surface area contributed by atoms with E-state index < -0.39 is 17.8 Å². The van der Waals surface area contributed by atoms with Crippen LogP contribution in [0.4, 0.5) is 0 Å². The quantitative estimate of drug-likeness (QED) is 0.780. The lowest BCUT2D eigenvalue weighted by atomic mass is 9.84. The predicted octanol–water partition coefficient (Wildman–Crippen LogP) is 2.91. The summed E-state index contributed by atoms with van der Waals surface area (Å²) in [5.41, 5.74) is -0.0345. The van der Waals surface area contributed by atoms with E-state index in [2.05, 4.69) is 5.32 Å². The maximum atomic E-state index is 12.0. The monoisotopic (exact) mass is 313 g/mol. The van der Waals surface area contributed by atoms with Crippen molar-refractivity contribution < 1.29 is 19.8 Å². The van der Waals surface area contributed by atoms with Crippen LogP contribution in [0.15, 0.2) is 18.2 Å². The SMILES string of the molecule is CC(C)(C)CC(CNC(=O)c1cc(O)ccc1Cl)C(=O)O. The highest BCUT2D eigenvalue weighted by molar-refractivity contribution is 6.33. The number of carbonyl (C=O) groups is 2. The summed E-state index contributed by atoms with van der Waals surface area (Å²) in [5, 5.41) is 21.3. The smallest absolute Gasteiger partial charge is 0.308 e. The van der Waals surface area contributed by atoms with Gasteiger partial charge in [-0.15, -0.1) is 0 Å². The summed E-state index contributed by atoms with van der Waals surface area (Å²) in [4.78, 5) is 23.2. The molecule has 1 aromatic rings. The molecule has 0 aromatic heterocycles. The van der Waals surface area contributed by atoms with E-state index in [1.165, 1.54) is 18.2 Å². The van der Waals surface area contributed by atoms with Crippen molar-refractivity contribution in [2.75, 3.05) is 6.54 Å². The van der Waals surface area contributed by atoms with Crippen molar-refractivity contribution >= 4 is 23.5 Å². The number of phenolic OH excluding ortho intramolecular Hbond substituents is 1. The molecule has 1 aromatic carbocycles. The highest BCUT2D eigenvalue weighted by Gasteiger charge is 2.25. The Morgan fingerprint density at radius 1 is 1.33 bits per heavy atom. The normalized spacial score (nSPS) is 12.8. The molecule has 0 fully saturated rings. The van der Waals surface area contributed by atoms with Crippen molar-refractivity contribution in [2.24, 2.45) is 11.3 Å². The molecule has 1 rings (SSSR count). The number of hydrogen-bond acceptors (Lipinski definition) is 3. The van der Waals surface area contributed by atoms with Crippen LogP contribution in [0.3, 0.4) is 0 Å². The minimum Gasteiger partial charge on any atom is -0.508 e. The lowest BCUT2D eigenvalue weighted by molar-refractivity contribution is -0.142. The molecular weight excluding hydrogens is 294 g/mol. The van der Waals surface area contributed by atoms with Crippen molar-refractivity contribution in [3.8, 4) is 5.75 Å². The summed E-state index contributed by atoms with van der Waals surface area (Å²) in [6.45, 7) is 5.84. The zero-order valence-corrected chi connectivity index (χ0v) is 13.1. The number of halogens is 1. The second-order valence-electron chi connectivity index (χ2n) is 6.17. The van der Waals surface area contributed by atoms with Crippen LogP contribution in [0.25, 0.3) is 0 Å². The van der Waals surface area contributed by atoms with Gasteiger partial charge < -0.3 is 15.5 Å². The number of aromatic hydroxyl groups is 1. The minimum absolute atomic E-state index is 0.0113. The highest BCUT2D eigenvalue weighted by atomic mass is 35.5. The largest absolute Gasteiger partial charge is 0.508 e. The Hall–Kier alpha value is -1.75. The summed E-state index contributed by atoms with van der Waals surface area (Å²) in [6.07, 6.45) is 0.441. The number of aliphatic carboxylic acids is 1. The van der Waals surface area contributed by atoms with Gasteiger partial charge in [0.05, 0.1) is 16.5 Å². The molecule has 0 saturated carbocycles. The molecule has 116 valence electrons. The van der Waals surface area contributed by atoms with Crippen molar-refractivity contribution in [2.45, 2.75) is 27.2 Å². The van der Waals surface area contributed by atoms with Gasteiger partial charge in [0.1, 0.15) is 5.75 Å². The van der Waals surface area contributed by atoms with E-state index in [1.54, 1.807) is 0 Å². The topological polar surface area (TPSA) is 86.6 Å². The van der Waals surface area contributed by atoms with Gasteiger partial charge in [-0.2, -0.15) is 0 Å². The summed E-state index contributed by atoms with van der Waals surface area (Å²) >= 11 is 5.89. The fraction of sp³-hybridized carbons (Fsp3) is 0.467. The van der Waals surface area contributed by atoms with Crippen molar-refractivity contribution in [3.63, 3.8) is 0 Å². The van der Waals surface area contributed by atoms with Crippen LogP contribution in [0, 0.1) is 11.3 Å². The first-order chi connectivity index (χ1) is 9.60. The lowest BCUT2D eigenvalue weighted by Crippen LogP contribution is -2.35. The van der Waals surface area contributed by atoms with E-state index >= 15 is 0 Å². The maximum absolute atomic E-state index is 12.0. The third-order valence-corrected chi connectivity index (χ3v) is 3.24. The van der Waals surface area contributed by atoms with E-state index in [0.29, 0.717) is 6.42 Å². The molecule has 3 N–H and O–H groups in total. The first-order valence-corrected chi connectivity index (χ1v) is 6.97.